The van der Waals surface area contributed by atoms with Gasteiger partial charge in [-0.3, -0.25) is 4.79 Å². The van der Waals surface area contributed by atoms with Crippen molar-refractivity contribution < 1.29 is 18.8 Å². The summed E-state index contributed by atoms with van der Waals surface area (Å²) in [5, 5.41) is 11.1. The number of rotatable bonds is 5. The van der Waals surface area contributed by atoms with E-state index in [9.17, 15) is 14.1 Å². The lowest BCUT2D eigenvalue weighted by molar-refractivity contribution is -0.0107. The van der Waals surface area contributed by atoms with Gasteiger partial charge in [-0.25, -0.2) is 8.51 Å². The molecular weight excluding hydrogens is 480 g/mol. The average Bonchev–Trinajstić information content (AvgIpc) is 3.34. The molecule has 1 aromatic carbocycles. The Morgan fingerprint density at radius 3 is 2.64 bits per heavy atom. The van der Waals surface area contributed by atoms with E-state index in [4.69, 9.17) is 9.47 Å². The van der Waals surface area contributed by atoms with Gasteiger partial charge in [-0.15, -0.1) is 0 Å². The Hall–Kier alpha value is -2.66. The van der Waals surface area contributed by atoms with Crippen LogP contribution in [0.25, 0.3) is 22.0 Å². The second kappa shape index (κ2) is 9.66. The number of hydrogen-bond acceptors (Lipinski definition) is 6. The van der Waals surface area contributed by atoms with Crippen molar-refractivity contribution in [1.82, 2.24) is 13.9 Å². The zero-order valence-electron chi connectivity index (χ0n) is 21.0. The predicted molar refractivity (Wildman–Crippen MR) is 141 cm³/mol. The number of aliphatic hydroxyl groups is 1. The number of ether oxygens (including phenoxy) is 2. The van der Waals surface area contributed by atoms with Crippen LogP contribution in [0.3, 0.4) is 0 Å². The van der Waals surface area contributed by atoms with Crippen LogP contribution in [0.15, 0.2) is 45.8 Å². The van der Waals surface area contributed by atoms with E-state index < -0.39 is 15.5 Å². The molecule has 0 radical (unpaired) electrons. The Kier molecular flexibility index (Phi) is 6.71. The number of nitrogens with zero attached hydrogens (tertiary/aromatic N) is 3. The minimum absolute atomic E-state index is 0.0234. The number of morpholine rings is 1. The molecule has 1 atom stereocenters. The van der Waals surface area contributed by atoms with Crippen LogP contribution in [0.4, 0.5) is 5.69 Å². The molecule has 3 heterocycles. The minimum Gasteiger partial charge on any atom is -0.490 e. The Balaban J connectivity index is 1.59. The summed E-state index contributed by atoms with van der Waals surface area (Å²) in [6.07, 6.45) is 8.07. The van der Waals surface area contributed by atoms with Crippen molar-refractivity contribution in [3.63, 3.8) is 0 Å². The van der Waals surface area contributed by atoms with Gasteiger partial charge in [-0.05, 0) is 56.9 Å². The largest absolute Gasteiger partial charge is 0.490 e. The lowest BCUT2D eigenvalue weighted by Gasteiger charge is -2.33. The molecule has 1 saturated heterocycles. The summed E-state index contributed by atoms with van der Waals surface area (Å²) >= 11 is 0. The van der Waals surface area contributed by atoms with Crippen molar-refractivity contribution in [3.8, 4) is 16.9 Å². The average molecular weight is 515 g/mol. The summed E-state index contributed by atoms with van der Waals surface area (Å²) in [5.74, 6) is 0.676. The molecule has 10 heteroatoms. The van der Waals surface area contributed by atoms with Gasteiger partial charge in [0.2, 0.25) is 0 Å². The fourth-order valence-corrected chi connectivity index (χ4v) is 6.47. The summed E-state index contributed by atoms with van der Waals surface area (Å²) < 4.78 is 33.4. The number of benzene rings is 1. The van der Waals surface area contributed by atoms with Crippen molar-refractivity contribution in [3.05, 3.63) is 47.0 Å². The molecule has 1 aliphatic heterocycles. The number of aromatic amines is 1. The summed E-state index contributed by atoms with van der Waals surface area (Å²) in [7, 11) is -0.913. The smallest absolute Gasteiger partial charge is 0.274 e. The maximum Gasteiger partial charge on any atom is 0.274 e. The van der Waals surface area contributed by atoms with Crippen molar-refractivity contribution in [1.29, 1.82) is 0 Å². The lowest BCUT2D eigenvalue weighted by atomic mass is 9.85. The molecule has 0 spiro atoms. The van der Waals surface area contributed by atoms with Crippen molar-refractivity contribution in [2.45, 2.75) is 44.3 Å². The summed E-state index contributed by atoms with van der Waals surface area (Å²) in [6, 6.07) is 7.48. The molecule has 0 amide bonds. The summed E-state index contributed by atoms with van der Waals surface area (Å²) in [4.78, 5) is 15.7. The molecule has 5 rings (SSSR count). The number of aromatic nitrogens is 2. The molecule has 2 aromatic heterocycles. The van der Waals surface area contributed by atoms with Crippen LogP contribution in [0.2, 0.25) is 0 Å². The molecular formula is C26H34N4O5S. The van der Waals surface area contributed by atoms with Gasteiger partial charge < -0.3 is 24.1 Å². The van der Waals surface area contributed by atoms with E-state index in [1.807, 2.05) is 35.5 Å². The zero-order chi connectivity index (χ0) is 25.5. The topological polar surface area (TPSA) is 109 Å². The molecule has 2 fully saturated rings. The van der Waals surface area contributed by atoms with Gasteiger partial charge in [0.15, 0.2) is 0 Å². The summed E-state index contributed by atoms with van der Waals surface area (Å²) in [5.41, 5.74) is 1.95. The molecule has 0 bridgehead atoms. The number of fused-ring (bicyclic) bond motifs is 1. The maximum atomic E-state index is 13.5. The van der Waals surface area contributed by atoms with Crippen LogP contribution >= 0.6 is 0 Å². The second-order valence-electron chi connectivity index (χ2n) is 10.1. The highest BCUT2D eigenvalue weighted by atomic mass is 32.2. The number of H-pyrrole nitrogens is 1. The van der Waals surface area contributed by atoms with E-state index in [1.54, 1.807) is 30.3 Å². The van der Waals surface area contributed by atoms with Crippen molar-refractivity contribution in [2.24, 2.45) is 11.4 Å². The van der Waals surface area contributed by atoms with Crippen molar-refractivity contribution in [2.75, 3.05) is 32.6 Å². The first-order chi connectivity index (χ1) is 17.1. The molecule has 1 unspecified atom stereocenters. The van der Waals surface area contributed by atoms with Gasteiger partial charge in [0.05, 0.1) is 30.6 Å². The fraction of sp³-hybridized carbons (Fsp3) is 0.500. The second-order valence-corrected chi connectivity index (χ2v) is 12.3. The third-order valence-electron chi connectivity index (χ3n) is 7.17. The molecule has 1 saturated carbocycles. The van der Waals surface area contributed by atoms with Gasteiger partial charge >= 0.3 is 0 Å². The van der Waals surface area contributed by atoms with Gasteiger partial charge in [0, 0.05) is 55.3 Å². The molecule has 194 valence electrons. The van der Waals surface area contributed by atoms with Crippen LogP contribution in [0, 0.1) is 0 Å². The SMILES string of the molecule is Cn1cc(-c2cc(N=S(C)(=O)N3CCOCC3)ccc2OC2CCC(C)(O)CC2)c2cc[nH]c2c1=O. The van der Waals surface area contributed by atoms with Crippen molar-refractivity contribution >= 4 is 26.5 Å². The Morgan fingerprint density at radius 1 is 1.19 bits per heavy atom. The normalized spacial score (nSPS) is 24.9. The number of nitrogens with one attached hydrogen (secondary N) is 1. The van der Waals surface area contributed by atoms with E-state index in [0.29, 0.717) is 56.1 Å². The predicted octanol–water partition coefficient (Wildman–Crippen LogP) is 3.58. The first-order valence-corrected chi connectivity index (χ1v) is 14.3. The van der Waals surface area contributed by atoms with Gasteiger partial charge in [-0.1, -0.05) is 0 Å². The van der Waals surface area contributed by atoms with E-state index >= 15 is 0 Å². The third-order valence-corrected chi connectivity index (χ3v) is 9.05. The highest BCUT2D eigenvalue weighted by molar-refractivity contribution is 7.90. The number of pyridine rings is 1. The molecule has 2 N–H and O–H groups in total. The molecule has 9 nitrogen and oxygen atoms in total. The first-order valence-electron chi connectivity index (χ1n) is 12.4. The highest BCUT2D eigenvalue weighted by Crippen LogP contribution is 2.39. The van der Waals surface area contributed by atoms with Crippen LogP contribution in [-0.4, -0.2) is 67.4 Å². The van der Waals surface area contributed by atoms with Crippen LogP contribution in [0.1, 0.15) is 32.6 Å². The lowest BCUT2D eigenvalue weighted by Crippen LogP contribution is -2.39. The van der Waals surface area contributed by atoms with E-state index in [0.717, 1.165) is 29.4 Å². The quantitative estimate of drug-likeness (QED) is 0.541. The monoisotopic (exact) mass is 514 g/mol. The number of aryl methyl sites for hydroxylation is 1. The minimum atomic E-state index is -2.64. The van der Waals surface area contributed by atoms with Gasteiger partial charge in [0.1, 0.15) is 21.2 Å². The molecule has 2 aliphatic rings. The summed E-state index contributed by atoms with van der Waals surface area (Å²) in [6.45, 7) is 4.09. The maximum absolute atomic E-state index is 13.5. The van der Waals surface area contributed by atoms with Gasteiger partial charge in [-0.2, -0.15) is 4.36 Å². The van der Waals surface area contributed by atoms with E-state index in [1.165, 1.54) is 0 Å². The van der Waals surface area contributed by atoms with Crippen LogP contribution in [0.5, 0.6) is 5.75 Å². The Morgan fingerprint density at radius 2 is 1.92 bits per heavy atom. The highest BCUT2D eigenvalue weighted by Gasteiger charge is 2.30. The van der Waals surface area contributed by atoms with Crippen LogP contribution in [-0.2, 0) is 21.7 Å². The standard InChI is InChI=1S/C26H34N4O5S/c1-26(32)9-6-19(7-10-26)35-23-5-4-18(28-36(3,33)30-12-14-34-15-13-30)16-21(23)22-17-29(2)25(31)24-20(22)8-11-27-24/h4-5,8,11,16-17,19,27,32H,6-7,9-10,12-15H2,1-3H3. The van der Waals surface area contributed by atoms with Crippen LogP contribution < -0.4 is 10.3 Å². The molecule has 36 heavy (non-hydrogen) atoms. The van der Waals surface area contributed by atoms with E-state index in [2.05, 4.69) is 9.35 Å². The molecule has 3 aromatic rings. The number of hydrogen-bond donors (Lipinski definition) is 2. The Labute approximate surface area is 211 Å². The first kappa shape index (κ1) is 25.0. The third kappa shape index (κ3) is 5.08. The molecule has 1 aliphatic carbocycles. The van der Waals surface area contributed by atoms with E-state index in [-0.39, 0.29) is 11.7 Å². The zero-order valence-corrected chi connectivity index (χ0v) is 21.8. The fourth-order valence-electron chi connectivity index (χ4n) is 5.02. The van der Waals surface area contributed by atoms with Gasteiger partial charge in [0.25, 0.3) is 5.56 Å². The Bertz CT molecular complexity index is 1430.